The molecule has 0 aliphatic carbocycles. The van der Waals surface area contributed by atoms with E-state index < -0.39 is 0 Å². The highest BCUT2D eigenvalue weighted by Gasteiger charge is 2.09. The van der Waals surface area contributed by atoms with Crippen molar-refractivity contribution in [2.24, 2.45) is 0 Å². The zero-order chi connectivity index (χ0) is 15.2. The number of benzene rings is 1. The minimum absolute atomic E-state index is 0.212. The van der Waals surface area contributed by atoms with Crippen molar-refractivity contribution in [3.05, 3.63) is 35.5 Å². The number of hydrogen-bond acceptors (Lipinski definition) is 4. The Kier molecular flexibility index (Phi) is 5.53. The lowest BCUT2D eigenvalue weighted by Crippen LogP contribution is -2.31. The highest BCUT2D eigenvalue weighted by molar-refractivity contribution is 5.93. The van der Waals surface area contributed by atoms with Gasteiger partial charge in [0.25, 0.3) is 0 Å². The maximum Gasteiger partial charge on any atom is 0.0726 e. The van der Waals surface area contributed by atoms with Crippen molar-refractivity contribution in [1.29, 1.82) is 0 Å². The van der Waals surface area contributed by atoms with Gasteiger partial charge in [-0.2, -0.15) is 0 Å². The van der Waals surface area contributed by atoms with Crippen LogP contribution in [0.4, 0.5) is 5.69 Å². The quantitative estimate of drug-likeness (QED) is 0.822. The number of nitrogens with one attached hydrogen (secondary N) is 1. The van der Waals surface area contributed by atoms with Crippen molar-refractivity contribution >= 4 is 16.6 Å². The minimum Gasteiger partial charge on any atom is -0.395 e. The molecule has 0 aliphatic rings. The Hall–Kier alpha value is -1.65. The number of aromatic nitrogens is 1. The fourth-order valence-corrected chi connectivity index (χ4v) is 2.57. The molecule has 0 amide bonds. The Morgan fingerprint density at radius 3 is 2.67 bits per heavy atom. The second-order valence-electron chi connectivity index (χ2n) is 5.30. The van der Waals surface area contributed by atoms with Crippen molar-refractivity contribution in [3.63, 3.8) is 0 Å². The maximum atomic E-state index is 9.04. The van der Waals surface area contributed by atoms with E-state index in [1.807, 2.05) is 12.1 Å². The van der Waals surface area contributed by atoms with Gasteiger partial charge in [-0.15, -0.1) is 0 Å². The second-order valence-corrected chi connectivity index (χ2v) is 5.30. The van der Waals surface area contributed by atoms with Crippen LogP contribution in [0.2, 0.25) is 0 Å². The number of para-hydroxylation sites is 1. The van der Waals surface area contributed by atoms with Crippen molar-refractivity contribution in [1.82, 2.24) is 9.88 Å². The lowest BCUT2D eigenvalue weighted by Gasteiger charge is -2.21. The molecule has 0 fully saturated rings. The molecule has 2 N–H and O–H groups in total. The first kappa shape index (κ1) is 15.7. The number of nitrogens with zero attached hydrogens (tertiary/aromatic N) is 2. The van der Waals surface area contributed by atoms with Crippen molar-refractivity contribution in [3.8, 4) is 0 Å². The van der Waals surface area contributed by atoms with E-state index in [2.05, 4.69) is 48.1 Å². The summed E-state index contributed by atoms with van der Waals surface area (Å²) in [6, 6.07) is 8.24. The first-order valence-electron chi connectivity index (χ1n) is 7.60. The smallest absolute Gasteiger partial charge is 0.0726 e. The molecule has 114 valence electrons. The number of anilines is 1. The Bertz CT molecular complexity index is 598. The summed E-state index contributed by atoms with van der Waals surface area (Å²) in [5.41, 5.74) is 4.49. The van der Waals surface area contributed by atoms with Crippen LogP contribution in [0.15, 0.2) is 24.3 Å². The molecule has 0 unspecified atom stereocenters. The third-order valence-electron chi connectivity index (χ3n) is 3.97. The lowest BCUT2D eigenvalue weighted by molar-refractivity contribution is 0.206. The summed E-state index contributed by atoms with van der Waals surface area (Å²) in [6.45, 7) is 9.97. The Morgan fingerprint density at radius 1 is 1.19 bits per heavy atom. The largest absolute Gasteiger partial charge is 0.395 e. The topological polar surface area (TPSA) is 48.4 Å². The molecular weight excluding hydrogens is 262 g/mol. The summed E-state index contributed by atoms with van der Waals surface area (Å²) in [4.78, 5) is 6.88. The van der Waals surface area contributed by atoms with Crippen LogP contribution in [0.5, 0.6) is 0 Å². The molecule has 0 aliphatic heterocycles. The van der Waals surface area contributed by atoms with Crippen LogP contribution in [0.3, 0.4) is 0 Å². The zero-order valence-electron chi connectivity index (χ0n) is 13.2. The summed E-state index contributed by atoms with van der Waals surface area (Å²) >= 11 is 0. The molecule has 1 heterocycles. The number of pyridine rings is 1. The van der Waals surface area contributed by atoms with Gasteiger partial charge in [0.05, 0.1) is 12.1 Å². The predicted molar refractivity (Wildman–Crippen MR) is 88.9 cm³/mol. The van der Waals surface area contributed by atoms with Gasteiger partial charge in [-0.1, -0.05) is 25.1 Å². The van der Waals surface area contributed by atoms with Gasteiger partial charge in [-0.25, -0.2) is 0 Å². The van der Waals surface area contributed by atoms with Crippen LogP contribution in [-0.4, -0.2) is 47.8 Å². The van der Waals surface area contributed by atoms with Gasteiger partial charge in [0.15, 0.2) is 0 Å². The first-order chi connectivity index (χ1) is 10.2. The summed E-state index contributed by atoms with van der Waals surface area (Å²) < 4.78 is 0. The number of hydrogen-bond donors (Lipinski definition) is 2. The molecule has 0 spiro atoms. The first-order valence-corrected chi connectivity index (χ1v) is 7.60. The van der Waals surface area contributed by atoms with E-state index >= 15 is 0 Å². The van der Waals surface area contributed by atoms with E-state index in [4.69, 9.17) is 5.11 Å². The van der Waals surface area contributed by atoms with Crippen LogP contribution >= 0.6 is 0 Å². The number of likely N-dealkylation sites (N-methyl/N-ethyl adjacent to an activating group) is 1. The van der Waals surface area contributed by atoms with Gasteiger partial charge < -0.3 is 10.4 Å². The van der Waals surface area contributed by atoms with Crippen LogP contribution in [0.25, 0.3) is 10.9 Å². The van der Waals surface area contributed by atoms with Gasteiger partial charge in [0, 0.05) is 36.4 Å². The minimum atomic E-state index is 0.212. The summed E-state index contributed by atoms with van der Waals surface area (Å²) in [7, 11) is 0. The average Bonchev–Trinajstić information content (AvgIpc) is 2.50. The van der Waals surface area contributed by atoms with Gasteiger partial charge in [-0.05, 0) is 32.0 Å². The summed E-state index contributed by atoms with van der Waals surface area (Å²) in [6.07, 6.45) is 0. The molecule has 0 atom stereocenters. The van der Waals surface area contributed by atoms with Crippen LogP contribution in [-0.2, 0) is 0 Å². The number of aliphatic hydroxyl groups excluding tert-OH is 1. The van der Waals surface area contributed by atoms with Crippen LogP contribution < -0.4 is 5.32 Å². The Labute approximate surface area is 126 Å². The number of rotatable bonds is 7. The molecule has 0 saturated carbocycles. The van der Waals surface area contributed by atoms with Crippen LogP contribution in [0.1, 0.15) is 18.2 Å². The monoisotopic (exact) mass is 287 g/mol. The van der Waals surface area contributed by atoms with E-state index in [9.17, 15) is 0 Å². The summed E-state index contributed by atoms with van der Waals surface area (Å²) in [5, 5.41) is 13.8. The van der Waals surface area contributed by atoms with Gasteiger partial charge >= 0.3 is 0 Å². The normalized spacial score (nSPS) is 11.3. The van der Waals surface area contributed by atoms with Gasteiger partial charge in [-0.3, -0.25) is 9.88 Å². The van der Waals surface area contributed by atoms with Gasteiger partial charge in [0.1, 0.15) is 0 Å². The SMILES string of the molecule is CCN(CCO)CCNc1c(C)c(C)nc2ccccc12. The standard InChI is InChI=1S/C17H25N3O/c1-4-20(11-12-21)10-9-18-17-13(2)14(3)19-16-8-6-5-7-15(16)17/h5-8,21H,4,9-12H2,1-3H3,(H,18,19). The van der Waals surface area contributed by atoms with E-state index in [1.54, 1.807) is 0 Å². The van der Waals surface area contributed by atoms with E-state index in [0.29, 0.717) is 0 Å². The average molecular weight is 287 g/mol. The molecular formula is C17H25N3O. The second kappa shape index (κ2) is 7.38. The van der Waals surface area contributed by atoms with Crippen LogP contribution in [0, 0.1) is 13.8 Å². The van der Waals surface area contributed by atoms with E-state index in [-0.39, 0.29) is 6.61 Å². The molecule has 4 heteroatoms. The molecule has 1 aromatic carbocycles. The molecule has 1 aromatic heterocycles. The van der Waals surface area contributed by atoms with Crippen molar-refractivity contribution < 1.29 is 5.11 Å². The fraction of sp³-hybridized carbons (Fsp3) is 0.471. The van der Waals surface area contributed by atoms with E-state index in [0.717, 1.165) is 37.4 Å². The third-order valence-corrected chi connectivity index (χ3v) is 3.97. The molecule has 2 aromatic rings. The predicted octanol–water partition coefficient (Wildman–Crippen LogP) is 2.58. The van der Waals surface area contributed by atoms with Crippen molar-refractivity contribution in [2.45, 2.75) is 20.8 Å². The molecule has 0 radical (unpaired) electrons. The highest BCUT2D eigenvalue weighted by Crippen LogP contribution is 2.27. The maximum absolute atomic E-state index is 9.04. The molecule has 4 nitrogen and oxygen atoms in total. The fourth-order valence-electron chi connectivity index (χ4n) is 2.57. The third kappa shape index (κ3) is 3.71. The van der Waals surface area contributed by atoms with Crippen molar-refractivity contribution in [2.75, 3.05) is 38.1 Å². The van der Waals surface area contributed by atoms with E-state index in [1.165, 1.54) is 16.6 Å². The molecule has 21 heavy (non-hydrogen) atoms. The van der Waals surface area contributed by atoms with Gasteiger partial charge in [0.2, 0.25) is 0 Å². The number of fused-ring (bicyclic) bond motifs is 1. The molecule has 2 rings (SSSR count). The zero-order valence-corrected chi connectivity index (χ0v) is 13.2. The number of aliphatic hydroxyl groups is 1. The highest BCUT2D eigenvalue weighted by atomic mass is 16.3. The number of aryl methyl sites for hydroxylation is 1. The molecule has 0 bridgehead atoms. The molecule has 0 saturated heterocycles. The Balaban J connectivity index is 2.16. The Morgan fingerprint density at radius 2 is 1.95 bits per heavy atom. The lowest BCUT2D eigenvalue weighted by atomic mass is 10.1. The summed E-state index contributed by atoms with van der Waals surface area (Å²) in [5.74, 6) is 0.